The van der Waals surface area contributed by atoms with Crippen molar-refractivity contribution in [3.05, 3.63) is 16.8 Å². The van der Waals surface area contributed by atoms with Crippen molar-refractivity contribution >= 4 is 33.3 Å². The van der Waals surface area contributed by atoms with Gasteiger partial charge in [0, 0.05) is 12.6 Å². The second kappa shape index (κ2) is 6.15. The summed E-state index contributed by atoms with van der Waals surface area (Å²) in [5.41, 5.74) is 0.680. The molecular weight excluding hydrogens is 278 g/mol. The third-order valence-electron chi connectivity index (χ3n) is 3.23. The number of hydrogen-bond acceptors (Lipinski definition) is 6. The fourth-order valence-corrected chi connectivity index (χ4v) is 3.10. The minimum Gasteiger partial charge on any atom is -0.477 e. The molecule has 1 atom stereocenters. The van der Waals surface area contributed by atoms with Gasteiger partial charge < -0.3 is 15.5 Å². The average Bonchev–Trinajstić information content (AvgIpc) is 2.77. The van der Waals surface area contributed by atoms with Crippen LogP contribution in [-0.4, -0.2) is 38.8 Å². The van der Waals surface area contributed by atoms with Crippen LogP contribution < -0.4 is 5.32 Å². The molecule has 108 valence electrons. The lowest BCUT2D eigenvalue weighted by Gasteiger charge is -2.17. The number of nitrogens with zero attached hydrogens (tertiary/aromatic N) is 2. The van der Waals surface area contributed by atoms with Gasteiger partial charge in [-0.15, -0.1) is 11.3 Å². The number of rotatable bonds is 6. The standard InChI is InChI=1S/C13H17N3O3S/c1-3-8(4-5-17)16-11-9-7(2)10(13(18)19)20-12(9)15-6-14-11/h6,8,17H,3-5H2,1-2H3,(H,18,19)(H,14,15,16). The molecule has 0 saturated carbocycles. The number of carboxylic acids is 1. The van der Waals surface area contributed by atoms with Crippen LogP contribution in [0.25, 0.3) is 10.2 Å². The molecule has 0 aliphatic rings. The van der Waals surface area contributed by atoms with E-state index in [0.717, 1.165) is 23.1 Å². The Morgan fingerprint density at radius 1 is 1.50 bits per heavy atom. The topological polar surface area (TPSA) is 95.3 Å². The summed E-state index contributed by atoms with van der Waals surface area (Å²) in [4.78, 5) is 20.5. The Bertz CT molecular complexity index is 627. The number of aliphatic hydroxyl groups is 1. The quantitative estimate of drug-likeness (QED) is 0.756. The van der Waals surface area contributed by atoms with Crippen molar-refractivity contribution in [2.24, 2.45) is 0 Å². The van der Waals surface area contributed by atoms with Crippen molar-refractivity contribution in [3.8, 4) is 0 Å². The molecule has 2 heterocycles. The van der Waals surface area contributed by atoms with Gasteiger partial charge >= 0.3 is 5.97 Å². The first-order chi connectivity index (χ1) is 9.58. The summed E-state index contributed by atoms with van der Waals surface area (Å²) >= 11 is 1.15. The van der Waals surface area contributed by atoms with E-state index >= 15 is 0 Å². The van der Waals surface area contributed by atoms with Crippen LogP contribution in [0.3, 0.4) is 0 Å². The number of hydrogen-bond donors (Lipinski definition) is 3. The Morgan fingerprint density at radius 2 is 2.25 bits per heavy atom. The predicted octanol–water partition coefficient (Wildman–Crippen LogP) is 2.27. The molecule has 0 saturated heterocycles. The lowest BCUT2D eigenvalue weighted by Crippen LogP contribution is -2.20. The predicted molar refractivity (Wildman–Crippen MR) is 78.5 cm³/mol. The van der Waals surface area contributed by atoms with E-state index in [1.165, 1.54) is 6.33 Å². The molecule has 0 bridgehead atoms. The van der Waals surface area contributed by atoms with Crippen LogP contribution >= 0.6 is 11.3 Å². The number of anilines is 1. The maximum Gasteiger partial charge on any atom is 0.346 e. The summed E-state index contributed by atoms with van der Waals surface area (Å²) in [5.74, 6) is -0.310. The highest BCUT2D eigenvalue weighted by Gasteiger charge is 2.19. The summed E-state index contributed by atoms with van der Waals surface area (Å²) < 4.78 is 0. The van der Waals surface area contributed by atoms with Gasteiger partial charge in [0.1, 0.15) is 21.9 Å². The van der Waals surface area contributed by atoms with Crippen molar-refractivity contribution in [3.63, 3.8) is 0 Å². The molecule has 20 heavy (non-hydrogen) atoms. The minimum atomic E-state index is -0.946. The summed E-state index contributed by atoms with van der Waals surface area (Å²) in [6.45, 7) is 3.89. The third kappa shape index (κ3) is 2.73. The zero-order chi connectivity index (χ0) is 14.7. The van der Waals surface area contributed by atoms with Crippen molar-refractivity contribution in [2.75, 3.05) is 11.9 Å². The van der Waals surface area contributed by atoms with Crippen LogP contribution in [0.5, 0.6) is 0 Å². The number of aromatic nitrogens is 2. The second-order valence-corrected chi connectivity index (χ2v) is 5.52. The number of aromatic carboxylic acids is 1. The van der Waals surface area contributed by atoms with Crippen LogP contribution in [0.2, 0.25) is 0 Å². The molecule has 1 unspecified atom stereocenters. The Morgan fingerprint density at radius 3 is 2.85 bits per heavy atom. The van der Waals surface area contributed by atoms with Crippen LogP contribution in [0.4, 0.5) is 5.82 Å². The van der Waals surface area contributed by atoms with Crippen LogP contribution in [0.15, 0.2) is 6.33 Å². The molecule has 7 heteroatoms. The Balaban J connectivity index is 2.45. The van der Waals surface area contributed by atoms with Gasteiger partial charge in [-0.2, -0.15) is 0 Å². The van der Waals surface area contributed by atoms with Crippen LogP contribution in [-0.2, 0) is 0 Å². The van der Waals surface area contributed by atoms with Gasteiger partial charge in [-0.3, -0.25) is 0 Å². The molecule has 0 amide bonds. The smallest absolute Gasteiger partial charge is 0.346 e. The molecule has 2 aromatic heterocycles. The second-order valence-electron chi connectivity index (χ2n) is 4.53. The van der Waals surface area contributed by atoms with Gasteiger partial charge in [0.2, 0.25) is 0 Å². The average molecular weight is 295 g/mol. The van der Waals surface area contributed by atoms with E-state index in [1.54, 1.807) is 6.92 Å². The number of carboxylic acid groups (broad SMARTS) is 1. The van der Waals surface area contributed by atoms with Crippen molar-refractivity contribution < 1.29 is 15.0 Å². The molecule has 3 N–H and O–H groups in total. The highest BCUT2D eigenvalue weighted by molar-refractivity contribution is 7.20. The highest BCUT2D eigenvalue weighted by Crippen LogP contribution is 2.33. The maximum absolute atomic E-state index is 11.2. The normalized spacial score (nSPS) is 12.6. The van der Waals surface area contributed by atoms with E-state index in [-0.39, 0.29) is 12.6 Å². The number of aryl methyl sites for hydroxylation is 1. The summed E-state index contributed by atoms with van der Waals surface area (Å²) in [6.07, 6.45) is 2.90. The molecule has 0 aromatic carbocycles. The molecule has 0 aliphatic heterocycles. The minimum absolute atomic E-state index is 0.0999. The van der Waals surface area contributed by atoms with Gasteiger partial charge in [-0.05, 0) is 25.3 Å². The molecule has 0 spiro atoms. The lowest BCUT2D eigenvalue weighted by atomic mass is 10.1. The zero-order valence-electron chi connectivity index (χ0n) is 11.4. The third-order valence-corrected chi connectivity index (χ3v) is 4.42. The van der Waals surface area contributed by atoms with Crippen LogP contribution in [0, 0.1) is 6.92 Å². The van der Waals surface area contributed by atoms with Crippen molar-refractivity contribution in [1.82, 2.24) is 9.97 Å². The van der Waals surface area contributed by atoms with Gasteiger partial charge in [0.05, 0.1) is 5.39 Å². The van der Waals surface area contributed by atoms with E-state index in [1.807, 2.05) is 6.92 Å². The van der Waals surface area contributed by atoms with Gasteiger partial charge in [0.15, 0.2) is 0 Å². The SMILES string of the molecule is CCC(CCO)Nc1ncnc2sc(C(=O)O)c(C)c12. The largest absolute Gasteiger partial charge is 0.477 e. The number of aliphatic hydroxyl groups excluding tert-OH is 1. The van der Waals surface area contributed by atoms with E-state index in [4.69, 9.17) is 5.11 Å². The number of nitrogens with one attached hydrogen (secondary N) is 1. The first-order valence-corrected chi connectivity index (χ1v) is 7.24. The Hall–Kier alpha value is -1.73. The van der Waals surface area contributed by atoms with E-state index in [9.17, 15) is 9.90 Å². The Labute approximate surface area is 120 Å². The van der Waals surface area contributed by atoms with E-state index in [0.29, 0.717) is 27.5 Å². The fraction of sp³-hybridized carbons (Fsp3) is 0.462. The first-order valence-electron chi connectivity index (χ1n) is 6.43. The molecule has 0 fully saturated rings. The van der Waals surface area contributed by atoms with E-state index < -0.39 is 5.97 Å². The van der Waals surface area contributed by atoms with Crippen molar-refractivity contribution in [1.29, 1.82) is 0 Å². The molecule has 2 rings (SSSR count). The Kier molecular flexibility index (Phi) is 4.51. The van der Waals surface area contributed by atoms with Gasteiger partial charge in [-0.25, -0.2) is 14.8 Å². The highest BCUT2D eigenvalue weighted by atomic mass is 32.1. The first kappa shape index (κ1) is 14.7. The lowest BCUT2D eigenvalue weighted by molar-refractivity contribution is 0.0701. The van der Waals surface area contributed by atoms with Crippen LogP contribution in [0.1, 0.15) is 35.0 Å². The molecule has 0 aliphatic carbocycles. The van der Waals surface area contributed by atoms with Gasteiger partial charge in [-0.1, -0.05) is 6.92 Å². The molecule has 0 radical (unpaired) electrons. The molecule has 2 aromatic rings. The fourth-order valence-electron chi connectivity index (χ4n) is 2.11. The number of fused-ring (bicyclic) bond motifs is 1. The molecular formula is C13H17N3O3S. The number of carbonyl (C=O) groups is 1. The molecule has 6 nitrogen and oxygen atoms in total. The number of thiophene rings is 1. The van der Waals surface area contributed by atoms with E-state index in [2.05, 4.69) is 15.3 Å². The summed E-state index contributed by atoms with van der Waals surface area (Å²) in [6, 6.07) is 0.102. The monoisotopic (exact) mass is 295 g/mol. The summed E-state index contributed by atoms with van der Waals surface area (Å²) in [5, 5.41) is 22.2. The van der Waals surface area contributed by atoms with Crippen molar-refractivity contribution in [2.45, 2.75) is 32.7 Å². The van der Waals surface area contributed by atoms with Gasteiger partial charge in [0.25, 0.3) is 0 Å². The maximum atomic E-state index is 11.2. The zero-order valence-corrected chi connectivity index (χ0v) is 12.2. The summed E-state index contributed by atoms with van der Waals surface area (Å²) in [7, 11) is 0.